The highest BCUT2D eigenvalue weighted by Crippen LogP contribution is 2.21. The smallest absolute Gasteiger partial charge is 0.281 e. The van der Waals surface area contributed by atoms with Crippen LogP contribution in [-0.2, 0) is 10.2 Å². The molecule has 0 aliphatic carbocycles. The first kappa shape index (κ1) is 13.9. The van der Waals surface area contributed by atoms with Crippen molar-refractivity contribution < 1.29 is 13.5 Å². The highest BCUT2D eigenvalue weighted by Gasteiger charge is 2.38. The maximum absolute atomic E-state index is 12.1. The molecule has 0 aromatic heterocycles. The van der Waals surface area contributed by atoms with Gasteiger partial charge in [-0.05, 0) is 12.8 Å². The number of aliphatic hydroxyl groups is 1. The molecule has 0 spiro atoms. The van der Waals surface area contributed by atoms with Crippen molar-refractivity contribution in [2.24, 2.45) is 5.92 Å². The van der Waals surface area contributed by atoms with E-state index in [4.69, 9.17) is 5.11 Å². The lowest BCUT2D eigenvalue weighted by atomic mass is 10.1. The van der Waals surface area contributed by atoms with E-state index in [2.05, 4.69) is 0 Å². The summed E-state index contributed by atoms with van der Waals surface area (Å²) in [5.41, 5.74) is 0. The average Bonchev–Trinajstić information content (AvgIpc) is 2.15. The highest BCUT2D eigenvalue weighted by atomic mass is 32.2. The Morgan fingerprint density at radius 3 is 2.12 bits per heavy atom. The average molecular weight is 250 g/mol. The monoisotopic (exact) mass is 250 g/mol. The fourth-order valence-corrected chi connectivity index (χ4v) is 3.78. The molecule has 0 amide bonds. The zero-order chi connectivity index (χ0) is 12.2. The van der Waals surface area contributed by atoms with Gasteiger partial charge in [-0.2, -0.15) is 17.0 Å². The van der Waals surface area contributed by atoms with Gasteiger partial charge in [0.2, 0.25) is 0 Å². The Balaban J connectivity index is 2.60. The SMILES string of the molecule is CCCN(CCC)S(=O)(=O)N1CC(CO)C1. The quantitative estimate of drug-likeness (QED) is 0.706. The Hall–Kier alpha value is -0.170. The molecule has 0 saturated carbocycles. The Morgan fingerprint density at radius 2 is 1.75 bits per heavy atom. The van der Waals surface area contributed by atoms with Gasteiger partial charge in [0.25, 0.3) is 10.2 Å². The van der Waals surface area contributed by atoms with Gasteiger partial charge in [0.1, 0.15) is 0 Å². The number of hydrogen-bond acceptors (Lipinski definition) is 3. The predicted octanol–water partition coefficient (Wildman–Crippen LogP) is 0.277. The molecular formula is C10H22N2O3S. The Morgan fingerprint density at radius 1 is 1.25 bits per heavy atom. The van der Waals surface area contributed by atoms with Crippen LogP contribution in [0.2, 0.25) is 0 Å². The van der Waals surface area contributed by atoms with E-state index in [0.29, 0.717) is 26.2 Å². The van der Waals surface area contributed by atoms with E-state index < -0.39 is 10.2 Å². The van der Waals surface area contributed by atoms with Crippen LogP contribution in [0.25, 0.3) is 0 Å². The molecule has 0 atom stereocenters. The molecule has 0 radical (unpaired) electrons. The molecule has 1 aliphatic rings. The summed E-state index contributed by atoms with van der Waals surface area (Å²) in [4.78, 5) is 0. The van der Waals surface area contributed by atoms with E-state index in [1.54, 1.807) is 4.31 Å². The van der Waals surface area contributed by atoms with Crippen molar-refractivity contribution in [2.75, 3.05) is 32.8 Å². The predicted molar refractivity (Wildman–Crippen MR) is 63.2 cm³/mol. The summed E-state index contributed by atoms with van der Waals surface area (Å²) in [7, 11) is -3.28. The molecule has 1 rings (SSSR count). The standard InChI is InChI=1S/C10H22N2O3S/c1-3-5-11(6-4-2)16(14,15)12-7-10(8-12)9-13/h10,13H,3-9H2,1-2H3. The summed E-state index contributed by atoms with van der Waals surface area (Å²) in [6, 6.07) is 0. The van der Waals surface area contributed by atoms with Gasteiger partial charge in [0.15, 0.2) is 0 Å². The second-order valence-electron chi connectivity index (χ2n) is 4.27. The van der Waals surface area contributed by atoms with Crippen LogP contribution in [0.3, 0.4) is 0 Å². The van der Waals surface area contributed by atoms with E-state index in [9.17, 15) is 8.42 Å². The summed E-state index contributed by atoms with van der Waals surface area (Å²) in [5.74, 6) is 0.125. The maximum Gasteiger partial charge on any atom is 0.281 e. The molecular weight excluding hydrogens is 228 g/mol. The van der Waals surface area contributed by atoms with E-state index in [0.717, 1.165) is 12.8 Å². The number of aliphatic hydroxyl groups excluding tert-OH is 1. The van der Waals surface area contributed by atoms with Crippen LogP contribution >= 0.6 is 0 Å². The van der Waals surface area contributed by atoms with Crippen molar-refractivity contribution in [1.29, 1.82) is 0 Å². The Labute approximate surface area is 98.2 Å². The largest absolute Gasteiger partial charge is 0.396 e. The fourth-order valence-electron chi connectivity index (χ4n) is 1.83. The van der Waals surface area contributed by atoms with Crippen LogP contribution in [-0.4, -0.2) is 54.9 Å². The van der Waals surface area contributed by atoms with Crippen LogP contribution in [0.15, 0.2) is 0 Å². The lowest BCUT2D eigenvalue weighted by Crippen LogP contribution is -2.56. The van der Waals surface area contributed by atoms with Gasteiger partial charge >= 0.3 is 0 Å². The van der Waals surface area contributed by atoms with E-state index in [1.165, 1.54) is 4.31 Å². The van der Waals surface area contributed by atoms with Crippen molar-refractivity contribution in [3.63, 3.8) is 0 Å². The third-order valence-corrected chi connectivity index (χ3v) is 4.75. The Bertz CT molecular complexity index is 293. The topological polar surface area (TPSA) is 60.9 Å². The van der Waals surface area contributed by atoms with Crippen LogP contribution in [0.5, 0.6) is 0 Å². The molecule has 96 valence electrons. The second kappa shape index (κ2) is 5.95. The summed E-state index contributed by atoms with van der Waals surface area (Å²) in [6.07, 6.45) is 1.66. The minimum Gasteiger partial charge on any atom is -0.396 e. The number of hydrogen-bond donors (Lipinski definition) is 1. The normalized spacial score (nSPS) is 19.0. The van der Waals surface area contributed by atoms with Crippen molar-refractivity contribution in [1.82, 2.24) is 8.61 Å². The molecule has 1 heterocycles. The van der Waals surface area contributed by atoms with Crippen LogP contribution in [0.4, 0.5) is 0 Å². The van der Waals surface area contributed by atoms with Gasteiger partial charge < -0.3 is 5.11 Å². The molecule has 1 N–H and O–H groups in total. The van der Waals surface area contributed by atoms with Crippen molar-refractivity contribution in [2.45, 2.75) is 26.7 Å². The number of nitrogens with zero attached hydrogens (tertiary/aromatic N) is 2. The van der Waals surface area contributed by atoms with E-state index in [-0.39, 0.29) is 12.5 Å². The first-order chi connectivity index (χ1) is 7.56. The fraction of sp³-hybridized carbons (Fsp3) is 1.00. The lowest BCUT2D eigenvalue weighted by Gasteiger charge is -2.40. The molecule has 16 heavy (non-hydrogen) atoms. The zero-order valence-corrected chi connectivity index (χ0v) is 10.9. The lowest BCUT2D eigenvalue weighted by molar-refractivity contribution is 0.111. The van der Waals surface area contributed by atoms with E-state index >= 15 is 0 Å². The van der Waals surface area contributed by atoms with Crippen LogP contribution in [0.1, 0.15) is 26.7 Å². The van der Waals surface area contributed by atoms with Crippen molar-refractivity contribution in [3.05, 3.63) is 0 Å². The van der Waals surface area contributed by atoms with Crippen molar-refractivity contribution >= 4 is 10.2 Å². The molecule has 1 saturated heterocycles. The first-order valence-electron chi connectivity index (χ1n) is 5.92. The second-order valence-corrected chi connectivity index (χ2v) is 6.20. The van der Waals surface area contributed by atoms with Gasteiger partial charge in [0.05, 0.1) is 0 Å². The van der Waals surface area contributed by atoms with Gasteiger partial charge in [-0.25, -0.2) is 0 Å². The minimum atomic E-state index is -3.28. The summed E-state index contributed by atoms with van der Waals surface area (Å²) < 4.78 is 27.2. The molecule has 0 aromatic rings. The molecule has 6 heteroatoms. The van der Waals surface area contributed by atoms with Crippen LogP contribution in [0, 0.1) is 5.92 Å². The summed E-state index contributed by atoms with van der Waals surface area (Å²) >= 11 is 0. The number of rotatable bonds is 7. The van der Waals surface area contributed by atoms with Crippen molar-refractivity contribution in [3.8, 4) is 0 Å². The summed E-state index contributed by atoms with van der Waals surface area (Å²) in [6.45, 7) is 6.11. The van der Waals surface area contributed by atoms with Crippen LogP contribution < -0.4 is 0 Å². The van der Waals surface area contributed by atoms with Gasteiger partial charge in [-0.15, -0.1) is 0 Å². The summed E-state index contributed by atoms with van der Waals surface area (Å²) in [5, 5.41) is 8.88. The highest BCUT2D eigenvalue weighted by molar-refractivity contribution is 7.86. The molecule has 0 unspecified atom stereocenters. The van der Waals surface area contributed by atoms with Gasteiger partial charge in [0, 0.05) is 38.7 Å². The Kier molecular flexibility index (Phi) is 5.17. The zero-order valence-electron chi connectivity index (χ0n) is 10.1. The van der Waals surface area contributed by atoms with E-state index in [1.807, 2.05) is 13.8 Å². The maximum atomic E-state index is 12.1. The first-order valence-corrected chi connectivity index (χ1v) is 7.32. The molecule has 5 nitrogen and oxygen atoms in total. The third-order valence-electron chi connectivity index (χ3n) is 2.78. The van der Waals surface area contributed by atoms with Gasteiger partial charge in [-0.3, -0.25) is 0 Å². The van der Waals surface area contributed by atoms with Gasteiger partial charge in [-0.1, -0.05) is 13.8 Å². The molecule has 0 aromatic carbocycles. The molecule has 0 bridgehead atoms. The molecule has 1 aliphatic heterocycles. The molecule has 1 fully saturated rings. The third kappa shape index (κ3) is 2.94. The minimum absolute atomic E-state index is 0.0770.